The number of rotatable bonds is 13. The SMILES string of the molecule is CC(C)C([NH3+])CC[C@H]([NH3+])C[NH2+]C(CCc1ccccc1)CCc1ccccc1. The molecule has 28 heavy (non-hydrogen) atoms. The van der Waals surface area contributed by atoms with Crippen molar-refractivity contribution >= 4 is 0 Å². The van der Waals surface area contributed by atoms with Crippen molar-refractivity contribution in [3.8, 4) is 0 Å². The van der Waals surface area contributed by atoms with Gasteiger partial charge in [-0.3, -0.25) is 0 Å². The lowest BCUT2D eigenvalue weighted by atomic mass is 9.97. The van der Waals surface area contributed by atoms with Crippen molar-refractivity contribution in [3.05, 3.63) is 71.8 Å². The summed E-state index contributed by atoms with van der Waals surface area (Å²) in [5, 5.41) is 2.57. The minimum atomic E-state index is 0.513. The lowest BCUT2D eigenvalue weighted by molar-refractivity contribution is -0.712. The van der Waals surface area contributed by atoms with Crippen molar-refractivity contribution < 1.29 is 16.8 Å². The first-order chi connectivity index (χ1) is 13.5. The second-order valence-corrected chi connectivity index (χ2v) is 8.73. The lowest BCUT2D eigenvalue weighted by Gasteiger charge is -2.18. The molecule has 2 aromatic carbocycles. The zero-order valence-corrected chi connectivity index (χ0v) is 18.0. The van der Waals surface area contributed by atoms with Crippen LogP contribution >= 0.6 is 0 Å². The van der Waals surface area contributed by atoms with E-state index in [1.807, 2.05) is 0 Å². The number of nitrogens with two attached hydrogens (primary N) is 1. The quantitative estimate of drug-likeness (QED) is 0.472. The summed E-state index contributed by atoms with van der Waals surface area (Å²) in [6.07, 6.45) is 7.16. The molecule has 0 fully saturated rings. The summed E-state index contributed by atoms with van der Waals surface area (Å²) in [6.45, 7) is 5.66. The highest BCUT2D eigenvalue weighted by molar-refractivity contribution is 5.16. The molecule has 2 aromatic rings. The van der Waals surface area contributed by atoms with Gasteiger partial charge in [0.25, 0.3) is 0 Å². The molecule has 1 unspecified atom stereocenters. The average Bonchev–Trinajstić information content (AvgIpc) is 2.72. The van der Waals surface area contributed by atoms with E-state index in [2.05, 4.69) is 91.3 Å². The Kier molecular flexibility index (Phi) is 10.3. The fraction of sp³-hybridized carbons (Fsp3) is 0.520. The van der Waals surface area contributed by atoms with Crippen LogP contribution in [0.1, 0.15) is 50.7 Å². The van der Waals surface area contributed by atoms with Crippen LogP contribution < -0.4 is 16.8 Å². The maximum Gasteiger partial charge on any atom is 0.134 e. The molecule has 8 N–H and O–H groups in total. The van der Waals surface area contributed by atoms with Gasteiger partial charge in [-0.25, -0.2) is 0 Å². The van der Waals surface area contributed by atoms with Crippen molar-refractivity contribution in [1.29, 1.82) is 0 Å². The smallest absolute Gasteiger partial charge is 0.134 e. The molecular formula is C25H42N3+3. The summed E-state index contributed by atoms with van der Waals surface area (Å²) in [6, 6.07) is 23.5. The van der Waals surface area contributed by atoms with Crippen molar-refractivity contribution in [2.24, 2.45) is 5.92 Å². The molecule has 0 aliphatic rings. The fourth-order valence-corrected chi connectivity index (χ4v) is 3.66. The molecule has 154 valence electrons. The van der Waals surface area contributed by atoms with E-state index >= 15 is 0 Å². The van der Waals surface area contributed by atoms with Crippen LogP contribution in [-0.4, -0.2) is 24.7 Å². The Balaban J connectivity index is 1.82. The Bertz CT molecular complexity index is 583. The summed E-state index contributed by atoms with van der Waals surface area (Å²) < 4.78 is 0. The summed E-state index contributed by atoms with van der Waals surface area (Å²) >= 11 is 0. The minimum absolute atomic E-state index is 0.513. The first kappa shape index (κ1) is 22.6. The van der Waals surface area contributed by atoms with Crippen LogP contribution in [0.4, 0.5) is 0 Å². The Hall–Kier alpha value is -1.68. The molecule has 2 rings (SSSR count). The zero-order chi connectivity index (χ0) is 20.2. The summed E-state index contributed by atoms with van der Waals surface area (Å²) in [5.41, 5.74) is 11.6. The van der Waals surface area contributed by atoms with Gasteiger partial charge in [-0.1, -0.05) is 74.5 Å². The van der Waals surface area contributed by atoms with Crippen LogP contribution in [0.15, 0.2) is 60.7 Å². The predicted molar refractivity (Wildman–Crippen MR) is 118 cm³/mol. The molecule has 0 aliphatic carbocycles. The van der Waals surface area contributed by atoms with Crippen molar-refractivity contribution in [2.75, 3.05) is 6.54 Å². The number of quaternary nitrogens is 3. The van der Waals surface area contributed by atoms with Crippen molar-refractivity contribution in [3.63, 3.8) is 0 Å². The molecule has 0 radical (unpaired) electrons. The van der Waals surface area contributed by atoms with Crippen molar-refractivity contribution in [1.82, 2.24) is 0 Å². The molecular weight excluding hydrogens is 342 g/mol. The Morgan fingerprint density at radius 3 is 1.68 bits per heavy atom. The van der Waals surface area contributed by atoms with Gasteiger partial charge in [-0.15, -0.1) is 0 Å². The number of aryl methyl sites for hydroxylation is 2. The molecule has 0 bridgehead atoms. The van der Waals surface area contributed by atoms with E-state index < -0.39 is 0 Å². The predicted octanol–water partition coefficient (Wildman–Crippen LogP) is 1.84. The molecule has 0 aliphatic heterocycles. The van der Waals surface area contributed by atoms with Gasteiger partial charge < -0.3 is 16.8 Å². The van der Waals surface area contributed by atoms with Gasteiger partial charge in [0.05, 0.1) is 12.1 Å². The van der Waals surface area contributed by atoms with Crippen LogP contribution in [0.2, 0.25) is 0 Å². The van der Waals surface area contributed by atoms with Gasteiger partial charge in [-0.05, 0) is 24.0 Å². The van der Waals surface area contributed by atoms with E-state index in [9.17, 15) is 0 Å². The van der Waals surface area contributed by atoms with Gasteiger partial charge in [0.2, 0.25) is 0 Å². The molecule has 0 aromatic heterocycles. The molecule has 2 atom stereocenters. The zero-order valence-electron chi connectivity index (χ0n) is 18.0. The third-order valence-corrected chi connectivity index (χ3v) is 5.98. The Labute approximate surface area is 171 Å². The topological polar surface area (TPSA) is 71.9 Å². The second-order valence-electron chi connectivity index (χ2n) is 8.73. The molecule has 0 amide bonds. The highest BCUT2D eigenvalue weighted by atomic mass is 14.9. The van der Waals surface area contributed by atoms with E-state index in [0.29, 0.717) is 24.0 Å². The summed E-state index contributed by atoms with van der Waals surface area (Å²) in [4.78, 5) is 0. The highest BCUT2D eigenvalue weighted by Gasteiger charge is 2.19. The maximum absolute atomic E-state index is 4.42. The second kappa shape index (κ2) is 12.7. The van der Waals surface area contributed by atoms with Crippen LogP contribution in [-0.2, 0) is 12.8 Å². The first-order valence-electron chi connectivity index (χ1n) is 11.1. The van der Waals surface area contributed by atoms with Gasteiger partial charge in [0.15, 0.2) is 0 Å². The molecule has 3 heteroatoms. The summed E-state index contributed by atoms with van der Waals surface area (Å²) in [5.74, 6) is 0.667. The number of hydrogen-bond donors (Lipinski definition) is 3. The first-order valence-corrected chi connectivity index (χ1v) is 11.1. The molecule has 0 spiro atoms. The highest BCUT2D eigenvalue weighted by Crippen LogP contribution is 2.09. The number of benzene rings is 2. The van der Waals surface area contributed by atoms with Crippen LogP contribution in [0, 0.1) is 5.92 Å². The third-order valence-electron chi connectivity index (χ3n) is 5.98. The molecule has 0 saturated heterocycles. The van der Waals surface area contributed by atoms with Gasteiger partial charge >= 0.3 is 0 Å². The van der Waals surface area contributed by atoms with Gasteiger partial charge in [0, 0.05) is 31.6 Å². The van der Waals surface area contributed by atoms with E-state index in [-0.39, 0.29) is 0 Å². The fourth-order valence-electron chi connectivity index (χ4n) is 3.66. The minimum Gasteiger partial charge on any atom is -0.355 e. The van der Waals surface area contributed by atoms with Gasteiger partial charge in [-0.2, -0.15) is 0 Å². The normalized spacial score (nSPS) is 13.8. The monoisotopic (exact) mass is 384 g/mol. The Morgan fingerprint density at radius 2 is 1.21 bits per heavy atom. The average molecular weight is 385 g/mol. The van der Waals surface area contributed by atoms with E-state index in [4.69, 9.17) is 0 Å². The van der Waals surface area contributed by atoms with Gasteiger partial charge in [0.1, 0.15) is 12.6 Å². The van der Waals surface area contributed by atoms with E-state index in [0.717, 1.165) is 19.4 Å². The summed E-state index contributed by atoms with van der Waals surface area (Å²) in [7, 11) is 0. The van der Waals surface area contributed by atoms with Crippen LogP contribution in [0.3, 0.4) is 0 Å². The Morgan fingerprint density at radius 1 is 0.714 bits per heavy atom. The third kappa shape index (κ3) is 9.01. The molecule has 0 saturated carbocycles. The molecule has 3 nitrogen and oxygen atoms in total. The maximum atomic E-state index is 4.42. The van der Waals surface area contributed by atoms with Crippen molar-refractivity contribution in [2.45, 2.75) is 70.5 Å². The van der Waals surface area contributed by atoms with E-state index in [1.54, 1.807) is 0 Å². The number of hydrogen-bond acceptors (Lipinski definition) is 0. The lowest BCUT2D eigenvalue weighted by Crippen LogP contribution is -2.95. The van der Waals surface area contributed by atoms with Crippen LogP contribution in [0.5, 0.6) is 0 Å². The van der Waals surface area contributed by atoms with Crippen LogP contribution in [0.25, 0.3) is 0 Å². The largest absolute Gasteiger partial charge is 0.355 e. The molecule has 0 heterocycles. The standard InChI is InChI=1S/C25H39N3/c1-20(2)25(27)18-15-23(26)19-28-24(16-13-21-9-5-3-6-10-21)17-14-22-11-7-4-8-12-22/h3-12,20,23-25,28H,13-19,26-27H2,1-2H3/p+3/t23-,25?/m0/s1. The van der Waals surface area contributed by atoms with E-state index in [1.165, 1.54) is 36.8 Å².